The summed E-state index contributed by atoms with van der Waals surface area (Å²) in [4.78, 5) is 19.0. The zero-order valence-corrected chi connectivity index (χ0v) is 25.6. The van der Waals surface area contributed by atoms with Gasteiger partial charge in [-0.1, -0.05) is 37.5 Å². The molecule has 0 radical (unpaired) electrons. The van der Waals surface area contributed by atoms with Gasteiger partial charge in [0, 0.05) is 38.6 Å². The van der Waals surface area contributed by atoms with Crippen LogP contribution >= 0.6 is 0 Å². The topological polar surface area (TPSA) is 44.8 Å². The molecule has 0 amide bonds. The molecule has 1 saturated carbocycles. The number of carbonyl (C=O) groups is 1. The summed E-state index contributed by atoms with van der Waals surface area (Å²) in [6.45, 7) is 9.89. The zero-order chi connectivity index (χ0) is 29.5. The monoisotopic (exact) mass is 581 g/mol. The molecule has 5 rings (SSSR count). The molecule has 3 fully saturated rings. The lowest BCUT2D eigenvalue weighted by Gasteiger charge is -2.42. The highest BCUT2D eigenvalue weighted by Crippen LogP contribution is 2.40. The second-order valence-electron chi connectivity index (χ2n) is 13.1. The molecule has 5 nitrogen and oxygen atoms in total. The summed E-state index contributed by atoms with van der Waals surface area (Å²) in [5.74, 6) is -0.735. The maximum atomic E-state index is 14.6. The number of rotatable bonds is 10. The van der Waals surface area contributed by atoms with Gasteiger partial charge in [-0.3, -0.25) is 9.69 Å². The number of nitrogens with zero attached hydrogens (tertiary/aromatic N) is 2. The average molecular weight is 582 g/mol. The Morgan fingerprint density at radius 2 is 1.79 bits per heavy atom. The van der Waals surface area contributed by atoms with Crippen molar-refractivity contribution in [2.75, 3.05) is 39.3 Å². The van der Waals surface area contributed by atoms with E-state index < -0.39 is 17.0 Å². The van der Waals surface area contributed by atoms with E-state index in [1.165, 1.54) is 44.2 Å². The number of piperazine rings is 1. The summed E-state index contributed by atoms with van der Waals surface area (Å²) in [5.41, 5.74) is 1.34. The molecule has 2 atom stereocenters. The minimum Gasteiger partial charge on any atom is -0.491 e. The third-order valence-electron chi connectivity index (χ3n) is 9.79. The van der Waals surface area contributed by atoms with Crippen LogP contribution in [-0.2, 0) is 16.6 Å². The van der Waals surface area contributed by atoms with E-state index in [2.05, 4.69) is 15.1 Å². The maximum absolute atomic E-state index is 14.6. The number of ether oxygens (including phenoxy) is 1. The Balaban J connectivity index is 1.29. The molecule has 2 heterocycles. The molecule has 2 unspecified atom stereocenters. The summed E-state index contributed by atoms with van der Waals surface area (Å²) in [6.07, 6.45) is 10.2. The van der Waals surface area contributed by atoms with Crippen LogP contribution in [0, 0.1) is 11.6 Å². The van der Waals surface area contributed by atoms with E-state index in [0.29, 0.717) is 12.8 Å². The fraction of sp³-hybridized carbons (Fsp3) is 0.629. The van der Waals surface area contributed by atoms with Crippen molar-refractivity contribution in [2.24, 2.45) is 0 Å². The van der Waals surface area contributed by atoms with Gasteiger partial charge in [-0.25, -0.2) is 8.78 Å². The molecule has 2 saturated heterocycles. The molecule has 0 spiro atoms. The zero-order valence-electron chi connectivity index (χ0n) is 25.6. The number of carbonyl (C=O) groups excluding carboxylic acids is 1. The summed E-state index contributed by atoms with van der Waals surface area (Å²) in [7, 11) is 0. The van der Waals surface area contributed by atoms with Gasteiger partial charge < -0.3 is 15.0 Å². The predicted octanol–water partition coefficient (Wildman–Crippen LogP) is 6.28. The van der Waals surface area contributed by atoms with Crippen LogP contribution in [0.2, 0.25) is 0 Å². The van der Waals surface area contributed by atoms with Gasteiger partial charge in [0.1, 0.15) is 5.75 Å². The van der Waals surface area contributed by atoms with E-state index in [1.807, 2.05) is 38.1 Å². The van der Waals surface area contributed by atoms with Gasteiger partial charge in [0.25, 0.3) is 0 Å². The molecule has 42 heavy (non-hydrogen) atoms. The van der Waals surface area contributed by atoms with E-state index in [0.717, 1.165) is 81.4 Å². The largest absolute Gasteiger partial charge is 0.491 e. The van der Waals surface area contributed by atoms with Crippen LogP contribution in [0.15, 0.2) is 42.5 Å². The molecule has 0 aromatic heterocycles. The fourth-order valence-corrected chi connectivity index (χ4v) is 7.45. The van der Waals surface area contributed by atoms with Crippen LogP contribution in [0.1, 0.15) is 82.8 Å². The van der Waals surface area contributed by atoms with Gasteiger partial charge in [0.2, 0.25) is 0 Å². The fourth-order valence-electron chi connectivity index (χ4n) is 7.45. The van der Waals surface area contributed by atoms with Crippen LogP contribution < -0.4 is 10.1 Å². The van der Waals surface area contributed by atoms with Crippen LogP contribution in [-0.4, -0.2) is 73.0 Å². The first-order valence-electron chi connectivity index (χ1n) is 16.2. The standard InChI is InChI=1S/C35H49F2N3O2/c1-26(2)42-30-11-6-8-27(22-30)23-34(41)33-25-35(14-7-16-38-33,28-12-13-31(36)32(37)24-28)15-17-39-18-20-40(21-19-39)29-9-4-3-5-10-29/h6,8,11-13,22,24,26,29,33,38H,3-5,7,9-10,14-21,23,25H2,1-2H3. The Labute approximate surface area is 251 Å². The first-order valence-corrected chi connectivity index (χ1v) is 16.2. The van der Waals surface area contributed by atoms with Crippen molar-refractivity contribution in [3.8, 4) is 5.75 Å². The Bertz CT molecular complexity index is 1180. The first kappa shape index (κ1) is 31.1. The van der Waals surface area contributed by atoms with Crippen molar-refractivity contribution >= 4 is 5.78 Å². The van der Waals surface area contributed by atoms with E-state index in [1.54, 1.807) is 6.07 Å². The third kappa shape index (κ3) is 7.97. The average Bonchev–Trinajstić information content (AvgIpc) is 3.22. The smallest absolute Gasteiger partial charge is 0.159 e. The van der Waals surface area contributed by atoms with Gasteiger partial charge in [-0.15, -0.1) is 0 Å². The number of halogens is 2. The number of benzene rings is 2. The van der Waals surface area contributed by atoms with Gasteiger partial charge in [-0.05, 0) is 106 Å². The van der Waals surface area contributed by atoms with Crippen LogP contribution in [0.3, 0.4) is 0 Å². The summed E-state index contributed by atoms with van der Waals surface area (Å²) >= 11 is 0. The van der Waals surface area contributed by atoms with Crippen molar-refractivity contribution in [2.45, 2.75) is 102 Å². The molecule has 1 N–H and O–H groups in total. The van der Waals surface area contributed by atoms with Crippen molar-refractivity contribution in [1.29, 1.82) is 0 Å². The summed E-state index contributed by atoms with van der Waals surface area (Å²) in [5, 5.41) is 3.51. The van der Waals surface area contributed by atoms with Crippen molar-refractivity contribution in [3.63, 3.8) is 0 Å². The highest BCUT2D eigenvalue weighted by atomic mass is 19.2. The Morgan fingerprint density at radius 3 is 2.52 bits per heavy atom. The van der Waals surface area contributed by atoms with Crippen LogP contribution in [0.5, 0.6) is 5.75 Å². The highest BCUT2D eigenvalue weighted by Gasteiger charge is 2.39. The Morgan fingerprint density at radius 1 is 1.00 bits per heavy atom. The maximum Gasteiger partial charge on any atom is 0.159 e. The molecule has 2 aromatic carbocycles. The van der Waals surface area contributed by atoms with Crippen molar-refractivity contribution in [1.82, 2.24) is 15.1 Å². The highest BCUT2D eigenvalue weighted by molar-refractivity contribution is 5.86. The van der Waals surface area contributed by atoms with Gasteiger partial charge in [0.15, 0.2) is 17.4 Å². The predicted molar refractivity (Wildman–Crippen MR) is 164 cm³/mol. The van der Waals surface area contributed by atoms with Crippen LogP contribution in [0.4, 0.5) is 8.78 Å². The second kappa shape index (κ2) is 14.4. The quantitative estimate of drug-likeness (QED) is 0.358. The van der Waals surface area contributed by atoms with Crippen molar-refractivity contribution < 1.29 is 18.3 Å². The van der Waals surface area contributed by atoms with Crippen molar-refractivity contribution in [3.05, 3.63) is 65.2 Å². The molecule has 3 aliphatic rings. The Kier molecular flexibility index (Phi) is 10.7. The van der Waals surface area contributed by atoms with E-state index >= 15 is 0 Å². The normalized spacial score (nSPS) is 24.9. The molecular formula is C35H49F2N3O2. The van der Waals surface area contributed by atoms with Gasteiger partial charge in [-0.2, -0.15) is 0 Å². The molecule has 0 bridgehead atoms. The lowest BCUT2D eigenvalue weighted by Crippen LogP contribution is -2.51. The van der Waals surface area contributed by atoms with E-state index in [9.17, 15) is 13.6 Å². The number of nitrogens with one attached hydrogen (secondary N) is 1. The third-order valence-corrected chi connectivity index (χ3v) is 9.79. The lowest BCUT2D eigenvalue weighted by atomic mass is 9.69. The molecule has 2 aliphatic heterocycles. The molecule has 7 heteroatoms. The minimum atomic E-state index is -0.824. The molecule has 230 valence electrons. The number of hydrogen-bond donors (Lipinski definition) is 1. The van der Waals surface area contributed by atoms with E-state index in [4.69, 9.17) is 4.74 Å². The number of Topliss-reactive ketones (excluding diaryl/α,β-unsaturated/α-hetero) is 1. The summed E-state index contributed by atoms with van der Waals surface area (Å²) in [6, 6.07) is 12.5. The molecular weight excluding hydrogens is 532 g/mol. The minimum absolute atomic E-state index is 0.0615. The Hall–Kier alpha value is -2.35. The molecule has 2 aromatic rings. The van der Waals surface area contributed by atoms with Crippen LogP contribution in [0.25, 0.3) is 0 Å². The first-order chi connectivity index (χ1) is 20.3. The van der Waals surface area contributed by atoms with Gasteiger partial charge >= 0.3 is 0 Å². The molecule has 1 aliphatic carbocycles. The van der Waals surface area contributed by atoms with Gasteiger partial charge in [0.05, 0.1) is 12.1 Å². The van der Waals surface area contributed by atoms with E-state index in [-0.39, 0.29) is 17.9 Å². The number of hydrogen-bond acceptors (Lipinski definition) is 5. The lowest BCUT2D eigenvalue weighted by molar-refractivity contribution is -0.120. The SMILES string of the molecule is CC(C)Oc1cccc(CC(=O)C2CC(CCN3CCN(C4CCCCC4)CC3)(c3ccc(F)c(F)c3)CCCN2)c1. The number of ketones is 1. The second-order valence-corrected chi connectivity index (χ2v) is 13.1. The summed E-state index contributed by atoms with van der Waals surface area (Å²) < 4.78 is 34.5.